The number of ketones is 1. The van der Waals surface area contributed by atoms with Gasteiger partial charge in [-0.25, -0.2) is 9.78 Å². The summed E-state index contributed by atoms with van der Waals surface area (Å²) in [6, 6.07) is 4.68. The Balaban J connectivity index is 1.91. The van der Waals surface area contributed by atoms with Crippen molar-refractivity contribution < 1.29 is 19.1 Å². The SMILES string of the molecule is CC(=O)NCc1ccc(C(=O)COC(=O)c2cnc(Cl)c(Cl)c2)s1. The van der Waals surface area contributed by atoms with Gasteiger partial charge in [0.1, 0.15) is 5.15 Å². The minimum atomic E-state index is -0.718. The number of hydrogen-bond donors (Lipinski definition) is 1. The minimum absolute atomic E-state index is 0.0783. The fourth-order valence-electron chi connectivity index (χ4n) is 1.65. The van der Waals surface area contributed by atoms with Gasteiger partial charge in [0.15, 0.2) is 6.61 Å². The fraction of sp³-hybridized carbons (Fsp3) is 0.200. The van der Waals surface area contributed by atoms with Gasteiger partial charge in [-0.3, -0.25) is 9.59 Å². The van der Waals surface area contributed by atoms with Crippen molar-refractivity contribution in [1.29, 1.82) is 0 Å². The molecule has 0 spiro atoms. The summed E-state index contributed by atoms with van der Waals surface area (Å²) in [6.07, 6.45) is 1.22. The topological polar surface area (TPSA) is 85.4 Å². The maximum Gasteiger partial charge on any atom is 0.340 e. The van der Waals surface area contributed by atoms with Crippen molar-refractivity contribution in [2.75, 3.05) is 6.61 Å². The summed E-state index contributed by atoms with van der Waals surface area (Å²) in [4.78, 5) is 39.8. The number of carbonyl (C=O) groups is 3. The molecule has 0 aliphatic heterocycles. The third kappa shape index (κ3) is 5.02. The number of carbonyl (C=O) groups excluding carboxylic acids is 3. The first kappa shape index (κ1) is 18.4. The molecule has 2 aromatic rings. The van der Waals surface area contributed by atoms with Crippen LogP contribution in [0.4, 0.5) is 0 Å². The highest BCUT2D eigenvalue weighted by atomic mass is 35.5. The average Bonchev–Trinajstić information content (AvgIpc) is 3.02. The number of Topliss-reactive ketones (excluding diaryl/α,β-unsaturated/α-hetero) is 1. The van der Waals surface area contributed by atoms with Crippen molar-refractivity contribution in [3.05, 3.63) is 49.9 Å². The van der Waals surface area contributed by atoms with E-state index in [9.17, 15) is 14.4 Å². The Morgan fingerprint density at radius 3 is 2.71 bits per heavy atom. The van der Waals surface area contributed by atoms with Crippen molar-refractivity contribution in [3.8, 4) is 0 Å². The lowest BCUT2D eigenvalue weighted by molar-refractivity contribution is -0.119. The number of ether oxygens (including phenoxy) is 1. The summed E-state index contributed by atoms with van der Waals surface area (Å²) in [5.41, 5.74) is 0.106. The lowest BCUT2D eigenvalue weighted by Crippen LogP contribution is -2.18. The number of nitrogens with zero attached hydrogens (tertiary/aromatic N) is 1. The van der Waals surface area contributed by atoms with E-state index >= 15 is 0 Å². The molecular weight excluding hydrogens is 375 g/mol. The van der Waals surface area contributed by atoms with Gasteiger partial charge in [0.25, 0.3) is 0 Å². The highest BCUT2D eigenvalue weighted by molar-refractivity contribution is 7.14. The molecule has 0 aromatic carbocycles. The van der Waals surface area contributed by atoms with Gasteiger partial charge in [0, 0.05) is 18.0 Å². The van der Waals surface area contributed by atoms with Crippen LogP contribution >= 0.6 is 34.5 Å². The molecule has 0 unspecified atom stereocenters. The molecule has 24 heavy (non-hydrogen) atoms. The van der Waals surface area contributed by atoms with Crippen LogP contribution in [0.15, 0.2) is 24.4 Å². The van der Waals surface area contributed by atoms with E-state index in [1.165, 1.54) is 30.5 Å². The average molecular weight is 387 g/mol. The quantitative estimate of drug-likeness (QED) is 0.468. The molecule has 2 aromatic heterocycles. The van der Waals surface area contributed by atoms with Gasteiger partial charge < -0.3 is 10.1 Å². The number of halogens is 2. The molecule has 0 saturated carbocycles. The number of pyridine rings is 1. The first-order chi connectivity index (χ1) is 11.4. The summed E-state index contributed by atoms with van der Waals surface area (Å²) in [5.74, 6) is -1.21. The molecule has 0 saturated heterocycles. The number of esters is 1. The van der Waals surface area contributed by atoms with Gasteiger partial charge in [-0.2, -0.15) is 0 Å². The van der Waals surface area contributed by atoms with E-state index in [2.05, 4.69) is 10.3 Å². The third-order valence-corrected chi connectivity index (χ3v) is 4.63. The molecule has 1 amide bonds. The van der Waals surface area contributed by atoms with Gasteiger partial charge in [-0.05, 0) is 18.2 Å². The number of thiophene rings is 1. The molecule has 0 bridgehead atoms. The second-order valence-corrected chi connectivity index (χ2v) is 6.61. The molecule has 6 nitrogen and oxygen atoms in total. The van der Waals surface area contributed by atoms with Crippen molar-refractivity contribution in [3.63, 3.8) is 0 Å². The Kier molecular flexibility index (Phi) is 6.30. The molecule has 0 atom stereocenters. The van der Waals surface area contributed by atoms with Crippen LogP contribution in [0, 0.1) is 0 Å². The zero-order valence-corrected chi connectivity index (χ0v) is 14.8. The number of nitrogens with one attached hydrogen (secondary N) is 1. The zero-order chi connectivity index (χ0) is 17.7. The predicted octanol–water partition coefficient (Wildman–Crippen LogP) is 3.13. The van der Waals surface area contributed by atoms with E-state index in [0.29, 0.717) is 11.4 Å². The molecular formula is C15H12Cl2N2O4S. The van der Waals surface area contributed by atoms with Crippen molar-refractivity contribution in [2.24, 2.45) is 0 Å². The molecule has 2 heterocycles. The summed E-state index contributed by atoms with van der Waals surface area (Å²) in [5, 5.41) is 2.84. The van der Waals surface area contributed by atoms with Crippen LogP contribution in [0.3, 0.4) is 0 Å². The van der Waals surface area contributed by atoms with Gasteiger partial charge in [0.05, 0.1) is 22.0 Å². The van der Waals surface area contributed by atoms with Crippen LogP contribution in [0.25, 0.3) is 0 Å². The zero-order valence-electron chi connectivity index (χ0n) is 12.5. The van der Waals surface area contributed by atoms with E-state index in [0.717, 1.165) is 4.88 Å². The number of hydrogen-bond acceptors (Lipinski definition) is 6. The van der Waals surface area contributed by atoms with Gasteiger partial charge >= 0.3 is 5.97 Å². The van der Waals surface area contributed by atoms with Crippen LogP contribution < -0.4 is 5.32 Å². The normalized spacial score (nSPS) is 10.3. The summed E-state index contributed by atoms with van der Waals surface area (Å²) < 4.78 is 4.95. The Morgan fingerprint density at radius 2 is 2.04 bits per heavy atom. The summed E-state index contributed by atoms with van der Waals surface area (Å²) >= 11 is 12.7. The summed E-state index contributed by atoms with van der Waals surface area (Å²) in [6.45, 7) is 1.36. The molecule has 0 fully saturated rings. The second-order valence-electron chi connectivity index (χ2n) is 4.67. The molecule has 9 heteroatoms. The van der Waals surface area contributed by atoms with Crippen LogP contribution in [0.5, 0.6) is 0 Å². The van der Waals surface area contributed by atoms with E-state index < -0.39 is 12.6 Å². The standard InChI is InChI=1S/C15H12Cl2N2O4S/c1-8(20)18-6-10-2-3-13(24-10)12(21)7-23-15(22)9-4-11(16)14(17)19-5-9/h2-5H,6-7H2,1H3,(H,18,20). The monoisotopic (exact) mass is 386 g/mol. The maximum absolute atomic E-state index is 12.0. The molecule has 2 rings (SSSR count). The number of aromatic nitrogens is 1. The van der Waals surface area contributed by atoms with Crippen LogP contribution in [-0.2, 0) is 16.1 Å². The first-order valence-electron chi connectivity index (χ1n) is 6.71. The smallest absolute Gasteiger partial charge is 0.340 e. The first-order valence-corrected chi connectivity index (χ1v) is 8.28. The van der Waals surface area contributed by atoms with Gasteiger partial charge in [0.2, 0.25) is 11.7 Å². The Labute approximate surface area is 151 Å². The molecule has 0 radical (unpaired) electrons. The lowest BCUT2D eigenvalue weighted by atomic mass is 10.3. The number of amides is 1. The van der Waals surface area contributed by atoms with E-state index in [1.807, 2.05) is 0 Å². The lowest BCUT2D eigenvalue weighted by Gasteiger charge is -2.04. The van der Waals surface area contributed by atoms with Crippen LogP contribution in [0.1, 0.15) is 31.8 Å². The summed E-state index contributed by atoms with van der Waals surface area (Å²) in [7, 11) is 0. The van der Waals surface area contributed by atoms with Crippen molar-refractivity contribution in [2.45, 2.75) is 13.5 Å². The van der Waals surface area contributed by atoms with Gasteiger partial charge in [-0.15, -0.1) is 11.3 Å². The fourth-order valence-corrected chi connectivity index (χ4v) is 2.79. The Morgan fingerprint density at radius 1 is 1.29 bits per heavy atom. The van der Waals surface area contributed by atoms with E-state index in [4.69, 9.17) is 27.9 Å². The number of rotatable bonds is 6. The van der Waals surface area contributed by atoms with Crippen LogP contribution in [0.2, 0.25) is 10.2 Å². The highest BCUT2D eigenvalue weighted by Crippen LogP contribution is 2.20. The Hall–Kier alpha value is -1.96. The molecule has 1 N–H and O–H groups in total. The largest absolute Gasteiger partial charge is 0.454 e. The Bertz CT molecular complexity index is 792. The van der Waals surface area contributed by atoms with Crippen LogP contribution in [-0.4, -0.2) is 29.3 Å². The van der Waals surface area contributed by atoms with E-state index in [-0.39, 0.29) is 27.4 Å². The second kappa shape index (κ2) is 8.23. The predicted molar refractivity (Wildman–Crippen MR) is 90.7 cm³/mol. The van der Waals surface area contributed by atoms with E-state index in [1.54, 1.807) is 12.1 Å². The molecule has 126 valence electrons. The molecule has 0 aliphatic rings. The van der Waals surface area contributed by atoms with Crippen molar-refractivity contribution in [1.82, 2.24) is 10.3 Å². The third-order valence-electron chi connectivity index (χ3n) is 2.81. The highest BCUT2D eigenvalue weighted by Gasteiger charge is 2.15. The molecule has 0 aliphatic carbocycles. The minimum Gasteiger partial charge on any atom is -0.454 e. The van der Waals surface area contributed by atoms with Crippen molar-refractivity contribution >= 4 is 52.2 Å². The van der Waals surface area contributed by atoms with Gasteiger partial charge in [-0.1, -0.05) is 23.2 Å². The maximum atomic E-state index is 12.0.